The minimum absolute atomic E-state index is 0.0357. The highest BCUT2D eigenvalue weighted by molar-refractivity contribution is 5.99. The lowest BCUT2D eigenvalue weighted by molar-refractivity contribution is -0.125. The van der Waals surface area contributed by atoms with Crippen molar-refractivity contribution < 1.29 is 18.0 Å². The second kappa shape index (κ2) is 4.16. The Bertz CT molecular complexity index is 563. The van der Waals surface area contributed by atoms with E-state index in [1.165, 1.54) is 18.3 Å². The lowest BCUT2D eigenvalue weighted by Gasteiger charge is -2.05. The van der Waals surface area contributed by atoms with Gasteiger partial charge in [0.15, 0.2) is 5.78 Å². The Hall–Kier alpha value is -1.91. The molecular weight excluding hydrogens is 231 g/mol. The zero-order valence-corrected chi connectivity index (χ0v) is 8.66. The molecule has 0 amide bonds. The van der Waals surface area contributed by atoms with E-state index in [9.17, 15) is 18.0 Å². The van der Waals surface area contributed by atoms with Crippen LogP contribution in [0.5, 0.6) is 0 Å². The summed E-state index contributed by atoms with van der Waals surface area (Å²) in [6, 6.07) is 7.85. The summed E-state index contributed by atoms with van der Waals surface area (Å²) in [5.74, 6) is -0.940. The van der Waals surface area contributed by atoms with Crippen molar-refractivity contribution in [2.45, 2.75) is 12.6 Å². The summed E-state index contributed by atoms with van der Waals surface area (Å²) in [4.78, 5) is 15.3. The maximum atomic E-state index is 12.1. The van der Waals surface area contributed by atoms with Crippen LogP contribution in [0, 0.1) is 0 Å². The number of hydrogen-bond acceptors (Lipinski definition) is 2. The molecule has 0 spiro atoms. The standard InChI is InChI=1S/C12H8F3NO/c13-12(14,15)7-11(17)9-4-3-8-2-1-5-16-10(8)6-9/h1-6H,7H2. The highest BCUT2D eigenvalue weighted by Gasteiger charge is 2.31. The molecule has 0 N–H and O–H groups in total. The van der Waals surface area contributed by atoms with Crippen molar-refractivity contribution in [2.75, 3.05) is 0 Å². The Balaban J connectivity index is 2.33. The summed E-state index contributed by atoms with van der Waals surface area (Å²) in [5.41, 5.74) is 0.550. The van der Waals surface area contributed by atoms with Crippen LogP contribution in [0.4, 0.5) is 13.2 Å². The normalized spacial score (nSPS) is 11.7. The molecule has 2 rings (SSSR count). The minimum Gasteiger partial charge on any atom is -0.294 e. The minimum atomic E-state index is -4.48. The SMILES string of the molecule is O=C(CC(F)(F)F)c1ccc2cccnc2c1. The Morgan fingerprint density at radius 2 is 2.00 bits per heavy atom. The van der Waals surface area contributed by atoms with Gasteiger partial charge in [-0.05, 0) is 12.1 Å². The van der Waals surface area contributed by atoms with Gasteiger partial charge in [-0.15, -0.1) is 0 Å². The molecule has 5 heteroatoms. The predicted octanol–water partition coefficient (Wildman–Crippen LogP) is 3.37. The first-order chi connectivity index (χ1) is 7.96. The smallest absolute Gasteiger partial charge is 0.294 e. The average Bonchev–Trinajstić information content (AvgIpc) is 2.26. The quantitative estimate of drug-likeness (QED) is 0.752. The number of pyridine rings is 1. The Morgan fingerprint density at radius 3 is 2.71 bits per heavy atom. The van der Waals surface area contributed by atoms with E-state index in [-0.39, 0.29) is 5.56 Å². The third-order valence-corrected chi connectivity index (χ3v) is 2.29. The van der Waals surface area contributed by atoms with E-state index in [0.29, 0.717) is 5.52 Å². The lowest BCUT2D eigenvalue weighted by atomic mass is 10.1. The fraction of sp³-hybridized carbons (Fsp3) is 0.167. The summed E-state index contributed by atoms with van der Waals surface area (Å²) in [7, 11) is 0. The van der Waals surface area contributed by atoms with Crippen molar-refractivity contribution in [3.05, 3.63) is 42.1 Å². The van der Waals surface area contributed by atoms with Gasteiger partial charge in [-0.25, -0.2) is 0 Å². The number of nitrogens with zero attached hydrogens (tertiary/aromatic N) is 1. The fourth-order valence-corrected chi connectivity index (χ4v) is 1.52. The molecule has 88 valence electrons. The van der Waals surface area contributed by atoms with Gasteiger partial charge in [0.05, 0.1) is 5.52 Å². The molecule has 0 saturated carbocycles. The molecule has 1 aromatic carbocycles. The maximum absolute atomic E-state index is 12.1. The number of rotatable bonds is 2. The fourth-order valence-electron chi connectivity index (χ4n) is 1.52. The van der Waals surface area contributed by atoms with E-state index in [1.807, 2.05) is 0 Å². The molecule has 17 heavy (non-hydrogen) atoms. The highest BCUT2D eigenvalue weighted by atomic mass is 19.4. The third kappa shape index (κ3) is 2.81. The lowest BCUT2D eigenvalue weighted by Crippen LogP contribution is -2.14. The van der Waals surface area contributed by atoms with Gasteiger partial charge in [0.1, 0.15) is 6.42 Å². The molecule has 0 aliphatic rings. The van der Waals surface area contributed by atoms with Gasteiger partial charge in [-0.2, -0.15) is 13.2 Å². The molecule has 1 heterocycles. The first-order valence-corrected chi connectivity index (χ1v) is 4.90. The zero-order valence-electron chi connectivity index (χ0n) is 8.66. The molecular formula is C12H8F3NO. The van der Waals surface area contributed by atoms with E-state index >= 15 is 0 Å². The van der Waals surface area contributed by atoms with E-state index in [4.69, 9.17) is 0 Å². The Morgan fingerprint density at radius 1 is 1.24 bits per heavy atom. The van der Waals surface area contributed by atoms with Crippen molar-refractivity contribution in [2.24, 2.45) is 0 Å². The average molecular weight is 239 g/mol. The van der Waals surface area contributed by atoms with Crippen LogP contribution in [0.1, 0.15) is 16.8 Å². The number of carbonyl (C=O) groups excluding carboxylic acids is 1. The highest BCUT2D eigenvalue weighted by Crippen LogP contribution is 2.23. The molecule has 0 atom stereocenters. The van der Waals surface area contributed by atoms with Gasteiger partial charge in [0.2, 0.25) is 0 Å². The van der Waals surface area contributed by atoms with E-state index < -0.39 is 18.4 Å². The second-order valence-electron chi connectivity index (χ2n) is 3.63. The van der Waals surface area contributed by atoms with Gasteiger partial charge < -0.3 is 0 Å². The van der Waals surface area contributed by atoms with Crippen LogP contribution in [0.25, 0.3) is 10.9 Å². The van der Waals surface area contributed by atoms with Gasteiger partial charge in [-0.1, -0.05) is 18.2 Å². The van der Waals surface area contributed by atoms with Crippen LogP contribution >= 0.6 is 0 Å². The summed E-state index contributed by atoms with van der Waals surface area (Å²) in [6.07, 6.45) is -4.39. The van der Waals surface area contributed by atoms with Gasteiger partial charge in [-0.3, -0.25) is 9.78 Å². The molecule has 0 aliphatic heterocycles. The molecule has 0 bridgehead atoms. The van der Waals surface area contributed by atoms with Crippen LogP contribution in [0.3, 0.4) is 0 Å². The predicted molar refractivity (Wildman–Crippen MR) is 56.7 cm³/mol. The van der Waals surface area contributed by atoms with Gasteiger partial charge in [0.25, 0.3) is 0 Å². The van der Waals surface area contributed by atoms with Crippen LogP contribution < -0.4 is 0 Å². The number of benzene rings is 1. The third-order valence-electron chi connectivity index (χ3n) is 2.29. The van der Waals surface area contributed by atoms with Crippen molar-refractivity contribution in [1.82, 2.24) is 4.98 Å². The number of halogens is 3. The molecule has 2 aromatic rings. The van der Waals surface area contributed by atoms with Crippen molar-refractivity contribution in [1.29, 1.82) is 0 Å². The Labute approximate surface area is 95.1 Å². The molecule has 0 unspecified atom stereocenters. The first-order valence-electron chi connectivity index (χ1n) is 4.90. The molecule has 0 fully saturated rings. The van der Waals surface area contributed by atoms with Crippen LogP contribution in [0.15, 0.2) is 36.5 Å². The summed E-state index contributed by atoms with van der Waals surface area (Å²) in [6.45, 7) is 0. The largest absolute Gasteiger partial charge is 0.396 e. The molecule has 0 aliphatic carbocycles. The number of hydrogen-bond donors (Lipinski definition) is 0. The first kappa shape index (κ1) is 11.6. The summed E-state index contributed by atoms with van der Waals surface area (Å²) >= 11 is 0. The van der Waals surface area contributed by atoms with Crippen LogP contribution in [0.2, 0.25) is 0 Å². The second-order valence-corrected chi connectivity index (χ2v) is 3.63. The van der Waals surface area contributed by atoms with Crippen LogP contribution in [-0.4, -0.2) is 16.9 Å². The molecule has 0 radical (unpaired) electrons. The Kier molecular flexibility index (Phi) is 2.83. The van der Waals surface area contributed by atoms with Crippen molar-refractivity contribution in [3.8, 4) is 0 Å². The van der Waals surface area contributed by atoms with Gasteiger partial charge in [0, 0.05) is 17.1 Å². The summed E-state index contributed by atoms with van der Waals surface area (Å²) < 4.78 is 36.2. The van der Waals surface area contributed by atoms with E-state index in [1.54, 1.807) is 18.2 Å². The number of Topliss-reactive ketones (excluding diaryl/α,β-unsaturated/α-hetero) is 1. The van der Waals surface area contributed by atoms with Crippen molar-refractivity contribution >= 4 is 16.7 Å². The number of fused-ring (bicyclic) bond motifs is 1. The number of ketones is 1. The topological polar surface area (TPSA) is 30.0 Å². The summed E-state index contributed by atoms with van der Waals surface area (Å²) in [5, 5.41) is 0.788. The molecule has 1 aromatic heterocycles. The maximum Gasteiger partial charge on any atom is 0.396 e. The van der Waals surface area contributed by atoms with Crippen molar-refractivity contribution in [3.63, 3.8) is 0 Å². The molecule has 0 saturated heterocycles. The number of carbonyl (C=O) groups is 1. The number of alkyl halides is 3. The molecule has 2 nitrogen and oxygen atoms in total. The van der Waals surface area contributed by atoms with Gasteiger partial charge >= 0.3 is 6.18 Å². The number of aromatic nitrogens is 1. The van der Waals surface area contributed by atoms with E-state index in [2.05, 4.69) is 4.98 Å². The van der Waals surface area contributed by atoms with Crippen LogP contribution in [-0.2, 0) is 0 Å². The van der Waals surface area contributed by atoms with E-state index in [0.717, 1.165) is 5.39 Å². The zero-order chi connectivity index (χ0) is 12.5. The monoisotopic (exact) mass is 239 g/mol.